The standard InChI is InChI=1S/C25H14N4S/c26-14-18-4-1-2-7-19(18)24-27-28-25(30)29(24)21-13-11-17-9-8-15-5-3-6-16-10-12-20(21)23(17)22(15)16/h1-13H,(H,28,30). The number of hydrogen-bond acceptors (Lipinski definition) is 3. The Morgan fingerprint density at radius 3 is 2.30 bits per heavy atom. The Kier molecular flexibility index (Phi) is 3.52. The lowest BCUT2D eigenvalue weighted by molar-refractivity contribution is 1.05. The summed E-state index contributed by atoms with van der Waals surface area (Å²) >= 11 is 5.61. The molecule has 0 aliphatic heterocycles. The van der Waals surface area contributed by atoms with Crippen LogP contribution < -0.4 is 0 Å². The largest absolute Gasteiger partial charge is 0.267 e. The van der Waals surface area contributed by atoms with Gasteiger partial charge in [0, 0.05) is 10.9 Å². The van der Waals surface area contributed by atoms with Gasteiger partial charge in [0.1, 0.15) is 0 Å². The third-order valence-electron chi connectivity index (χ3n) is 5.71. The van der Waals surface area contributed by atoms with Crippen LogP contribution in [0.3, 0.4) is 0 Å². The molecule has 0 unspecified atom stereocenters. The zero-order valence-corrected chi connectivity index (χ0v) is 16.6. The normalized spacial score (nSPS) is 11.4. The maximum atomic E-state index is 9.58. The lowest BCUT2D eigenvalue weighted by atomic mass is 9.93. The molecule has 30 heavy (non-hydrogen) atoms. The lowest BCUT2D eigenvalue weighted by Crippen LogP contribution is -2.00. The summed E-state index contributed by atoms with van der Waals surface area (Å²) in [4.78, 5) is 0. The van der Waals surface area contributed by atoms with Crippen molar-refractivity contribution in [1.82, 2.24) is 14.8 Å². The molecular formula is C25H14N4S. The van der Waals surface area contributed by atoms with Crippen molar-refractivity contribution >= 4 is 44.5 Å². The van der Waals surface area contributed by atoms with Gasteiger partial charge in [0.15, 0.2) is 10.6 Å². The molecule has 0 aliphatic rings. The van der Waals surface area contributed by atoms with Crippen molar-refractivity contribution in [1.29, 1.82) is 5.26 Å². The molecule has 5 aromatic carbocycles. The number of H-pyrrole nitrogens is 1. The minimum Gasteiger partial charge on any atom is -0.267 e. The average molecular weight is 402 g/mol. The highest BCUT2D eigenvalue weighted by Gasteiger charge is 2.18. The maximum absolute atomic E-state index is 9.58. The van der Waals surface area contributed by atoms with E-state index in [1.54, 1.807) is 6.07 Å². The first-order valence-electron chi connectivity index (χ1n) is 9.60. The first-order valence-corrected chi connectivity index (χ1v) is 10.0. The van der Waals surface area contributed by atoms with Gasteiger partial charge in [-0.05, 0) is 57.3 Å². The summed E-state index contributed by atoms with van der Waals surface area (Å²) in [7, 11) is 0. The molecule has 5 heteroatoms. The average Bonchev–Trinajstić information content (AvgIpc) is 3.18. The Hall–Kier alpha value is -4.01. The molecule has 0 atom stereocenters. The minimum atomic E-state index is 0.493. The van der Waals surface area contributed by atoms with E-state index < -0.39 is 0 Å². The van der Waals surface area contributed by atoms with Crippen LogP contribution in [-0.2, 0) is 0 Å². The van der Waals surface area contributed by atoms with Gasteiger partial charge >= 0.3 is 0 Å². The van der Waals surface area contributed by atoms with Gasteiger partial charge < -0.3 is 0 Å². The van der Waals surface area contributed by atoms with Crippen molar-refractivity contribution in [3.8, 4) is 23.1 Å². The Morgan fingerprint density at radius 2 is 1.50 bits per heavy atom. The monoisotopic (exact) mass is 402 g/mol. The molecule has 1 N–H and O–H groups in total. The Bertz CT molecular complexity index is 1670. The van der Waals surface area contributed by atoms with Gasteiger partial charge in [-0.1, -0.05) is 60.7 Å². The van der Waals surface area contributed by atoms with Crippen molar-refractivity contribution in [2.45, 2.75) is 0 Å². The fraction of sp³-hybridized carbons (Fsp3) is 0. The quantitative estimate of drug-likeness (QED) is 0.271. The summed E-state index contributed by atoms with van der Waals surface area (Å²) in [5, 5.41) is 24.2. The summed E-state index contributed by atoms with van der Waals surface area (Å²) in [6.07, 6.45) is 0. The molecule has 6 rings (SSSR count). The topological polar surface area (TPSA) is 57.4 Å². The number of rotatable bonds is 2. The molecule has 140 valence electrons. The molecule has 6 aromatic rings. The highest BCUT2D eigenvalue weighted by atomic mass is 32.1. The van der Waals surface area contributed by atoms with E-state index >= 15 is 0 Å². The van der Waals surface area contributed by atoms with Gasteiger partial charge in [-0.3, -0.25) is 9.67 Å². The lowest BCUT2D eigenvalue weighted by Gasteiger charge is -2.15. The smallest absolute Gasteiger partial charge is 0.200 e. The molecule has 1 aromatic heterocycles. The van der Waals surface area contributed by atoms with E-state index in [1.165, 1.54) is 26.9 Å². The third-order valence-corrected chi connectivity index (χ3v) is 5.98. The summed E-state index contributed by atoms with van der Waals surface area (Å²) in [5.41, 5.74) is 2.26. The molecule has 0 saturated carbocycles. The molecule has 0 amide bonds. The van der Waals surface area contributed by atoms with Crippen LogP contribution in [0.5, 0.6) is 0 Å². The molecule has 0 saturated heterocycles. The van der Waals surface area contributed by atoms with Crippen LogP contribution in [0.1, 0.15) is 5.56 Å². The van der Waals surface area contributed by atoms with Crippen molar-refractivity contribution in [2.24, 2.45) is 0 Å². The van der Waals surface area contributed by atoms with E-state index in [0.29, 0.717) is 16.2 Å². The Labute approximate surface area is 177 Å². The number of hydrogen-bond donors (Lipinski definition) is 1. The molecule has 0 fully saturated rings. The number of nitrogens with one attached hydrogen (secondary N) is 1. The molecule has 1 heterocycles. The van der Waals surface area contributed by atoms with Crippen LogP contribution in [0, 0.1) is 16.1 Å². The minimum absolute atomic E-state index is 0.493. The van der Waals surface area contributed by atoms with Crippen molar-refractivity contribution < 1.29 is 0 Å². The van der Waals surface area contributed by atoms with Gasteiger partial charge in [-0.2, -0.15) is 10.4 Å². The predicted molar refractivity (Wildman–Crippen MR) is 123 cm³/mol. The molecule has 0 spiro atoms. The second kappa shape index (κ2) is 6.24. The second-order valence-corrected chi connectivity index (χ2v) is 7.67. The summed E-state index contributed by atoms with van der Waals surface area (Å²) in [6.45, 7) is 0. The third kappa shape index (κ3) is 2.25. The van der Waals surface area contributed by atoms with Gasteiger partial charge in [0.25, 0.3) is 0 Å². The van der Waals surface area contributed by atoms with Crippen molar-refractivity contribution in [2.75, 3.05) is 0 Å². The fourth-order valence-corrected chi connectivity index (χ4v) is 4.62. The number of aromatic nitrogens is 3. The first kappa shape index (κ1) is 16.9. The van der Waals surface area contributed by atoms with E-state index in [4.69, 9.17) is 12.2 Å². The van der Waals surface area contributed by atoms with Crippen LogP contribution >= 0.6 is 12.2 Å². The zero-order chi connectivity index (χ0) is 20.2. The Balaban J connectivity index is 1.75. The highest BCUT2D eigenvalue weighted by molar-refractivity contribution is 7.71. The van der Waals surface area contributed by atoms with E-state index in [9.17, 15) is 5.26 Å². The molecule has 0 bridgehead atoms. The number of nitriles is 1. The van der Waals surface area contributed by atoms with Crippen LogP contribution in [0.2, 0.25) is 0 Å². The van der Waals surface area contributed by atoms with Gasteiger partial charge in [0.05, 0.1) is 17.3 Å². The number of nitrogens with zero attached hydrogens (tertiary/aromatic N) is 3. The van der Waals surface area contributed by atoms with Crippen molar-refractivity contribution in [3.63, 3.8) is 0 Å². The summed E-state index contributed by atoms with van der Waals surface area (Å²) < 4.78 is 2.42. The van der Waals surface area contributed by atoms with Crippen LogP contribution in [-0.4, -0.2) is 14.8 Å². The SMILES string of the molecule is N#Cc1ccccc1-c1n[nH]c(=S)n1-c1ccc2ccc3cccc4ccc1c2c34. The van der Waals surface area contributed by atoms with Gasteiger partial charge in [0.2, 0.25) is 0 Å². The highest BCUT2D eigenvalue weighted by Crippen LogP contribution is 2.38. The van der Waals surface area contributed by atoms with Crippen LogP contribution in [0.25, 0.3) is 49.4 Å². The van der Waals surface area contributed by atoms with Gasteiger partial charge in [-0.15, -0.1) is 0 Å². The number of benzene rings is 5. The number of aromatic amines is 1. The molecular weight excluding hydrogens is 388 g/mol. The first-order chi connectivity index (χ1) is 14.8. The fourth-order valence-electron chi connectivity index (χ4n) is 4.39. The maximum Gasteiger partial charge on any atom is 0.200 e. The van der Waals surface area contributed by atoms with Crippen LogP contribution in [0.15, 0.2) is 78.9 Å². The second-order valence-electron chi connectivity index (χ2n) is 7.29. The van der Waals surface area contributed by atoms with Gasteiger partial charge in [-0.25, -0.2) is 0 Å². The Morgan fingerprint density at radius 1 is 0.800 bits per heavy atom. The van der Waals surface area contributed by atoms with E-state index in [2.05, 4.69) is 70.9 Å². The van der Waals surface area contributed by atoms with Crippen molar-refractivity contribution in [3.05, 3.63) is 89.2 Å². The van der Waals surface area contributed by atoms with E-state index in [0.717, 1.165) is 16.6 Å². The van der Waals surface area contributed by atoms with Crippen LogP contribution in [0.4, 0.5) is 0 Å². The molecule has 0 radical (unpaired) electrons. The zero-order valence-electron chi connectivity index (χ0n) is 15.8. The molecule has 0 aliphatic carbocycles. The summed E-state index contributed by atoms with van der Waals surface area (Å²) in [5.74, 6) is 0.632. The van der Waals surface area contributed by atoms with E-state index in [1.807, 2.05) is 22.8 Å². The van der Waals surface area contributed by atoms with E-state index in [-0.39, 0.29) is 0 Å². The summed E-state index contributed by atoms with van der Waals surface area (Å²) in [6, 6.07) is 28.9. The molecule has 4 nitrogen and oxygen atoms in total. The predicted octanol–water partition coefficient (Wildman–Crippen LogP) is 6.37.